The number of carbonyl (C=O) groups excluding carboxylic acids is 3. The number of amides is 2. The molecule has 0 aliphatic carbocycles. The summed E-state index contributed by atoms with van der Waals surface area (Å²) >= 11 is 0. The van der Waals surface area contributed by atoms with Crippen LogP contribution in [0.3, 0.4) is 0 Å². The number of benzene rings is 2. The molecule has 0 aliphatic rings. The monoisotopic (exact) mass is 534 g/mol. The van der Waals surface area contributed by atoms with Gasteiger partial charge >= 0.3 is 0 Å². The normalized spacial score (nSPS) is 12.7. The summed E-state index contributed by atoms with van der Waals surface area (Å²) < 4.78 is 0. The first-order valence-electron chi connectivity index (χ1n) is 13.6. The zero-order valence-corrected chi connectivity index (χ0v) is 23.0. The number of ketones is 1. The predicted octanol–water partition coefficient (Wildman–Crippen LogP) is 1.87. The molecule has 2 amide bonds. The fourth-order valence-corrected chi connectivity index (χ4v) is 4.74. The molecule has 3 aromatic rings. The number of hydrogen-bond acceptors (Lipinski definition) is 6. The Kier molecular flexibility index (Phi) is 11.2. The lowest BCUT2D eigenvalue weighted by atomic mass is 9.97. The van der Waals surface area contributed by atoms with E-state index in [9.17, 15) is 14.4 Å². The van der Waals surface area contributed by atoms with Gasteiger partial charge in [0.2, 0.25) is 11.8 Å². The van der Waals surface area contributed by atoms with Gasteiger partial charge in [0, 0.05) is 49.2 Å². The van der Waals surface area contributed by atoms with Crippen LogP contribution < -0.4 is 22.5 Å². The van der Waals surface area contributed by atoms with E-state index in [1.54, 1.807) is 0 Å². The molecule has 9 nitrogen and oxygen atoms in total. The van der Waals surface area contributed by atoms with Crippen molar-refractivity contribution in [1.82, 2.24) is 15.2 Å². The molecule has 0 radical (unpaired) electrons. The first-order chi connectivity index (χ1) is 18.7. The van der Waals surface area contributed by atoms with Gasteiger partial charge in [0.05, 0.1) is 18.5 Å². The maximum absolute atomic E-state index is 13.4. The number of aryl methyl sites for hydroxylation is 4. The van der Waals surface area contributed by atoms with Crippen molar-refractivity contribution in [3.63, 3.8) is 0 Å². The van der Waals surface area contributed by atoms with Gasteiger partial charge in [0.25, 0.3) is 0 Å². The van der Waals surface area contributed by atoms with Crippen molar-refractivity contribution in [3.05, 3.63) is 70.9 Å². The van der Waals surface area contributed by atoms with E-state index in [2.05, 4.69) is 23.3 Å². The Morgan fingerprint density at radius 1 is 0.949 bits per heavy atom. The quantitative estimate of drug-likeness (QED) is 0.200. The molecule has 2 atom stereocenters. The highest BCUT2D eigenvalue weighted by atomic mass is 16.2. The fourth-order valence-electron chi connectivity index (χ4n) is 4.74. The van der Waals surface area contributed by atoms with Gasteiger partial charge in [-0.15, -0.1) is 0 Å². The lowest BCUT2D eigenvalue weighted by Gasteiger charge is -2.24. The summed E-state index contributed by atoms with van der Waals surface area (Å²) in [6.45, 7) is 5.40. The van der Waals surface area contributed by atoms with Crippen LogP contribution in [0, 0.1) is 13.8 Å². The molecule has 9 heteroatoms. The highest BCUT2D eigenvalue weighted by Crippen LogP contribution is 2.23. The predicted molar refractivity (Wildman–Crippen MR) is 155 cm³/mol. The van der Waals surface area contributed by atoms with Crippen molar-refractivity contribution >= 4 is 28.5 Å². The molecule has 1 aromatic heterocycles. The molecule has 210 valence electrons. The maximum Gasteiger partial charge on any atom is 0.238 e. The molecule has 0 saturated heterocycles. The highest BCUT2D eigenvalue weighted by molar-refractivity contribution is 5.93. The Hall–Kier alpha value is -3.53. The number of rotatable bonds is 15. The van der Waals surface area contributed by atoms with Gasteiger partial charge in [-0.2, -0.15) is 0 Å². The Morgan fingerprint density at radius 3 is 2.31 bits per heavy atom. The average molecular weight is 535 g/mol. The molecule has 0 unspecified atom stereocenters. The molecule has 2 aromatic carbocycles. The second-order valence-electron chi connectivity index (χ2n) is 10.1. The van der Waals surface area contributed by atoms with Crippen LogP contribution in [-0.2, 0) is 27.2 Å². The largest absolute Gasteiger partial charge is 0.358 e. The number of H-pyrrole nitrogens is 1. The second kappa shape index (κ2) is 14.6. The summed E-state index contributed by atoms with van der Waals surface area (Å²) in [5.41, 5.74) is 22.8. The van der Waals surface area contributed by atoms with E-state index in [-0.39, 0.29) is 24.5 Å². The minimum atomic E-state index is -1.08. The van der Waals surface area contributed by atoms with Crippen molar-refractivity contribution < 1.29 is 14.4 Å². The summed E-state index contributed by atoms with van der Waals surface area (Å²) in [6.07, 6.45) is 1.73. The van der Waals surface area contributed by atoms with E-state index in [0.717, 1.165) is 27.7 Å². The van der Waals surface area contributed by atoms with E-state index in [0.29, 0.717) is 45.4 Å². The van der Waals surface area contributed by atoms with Crippen molar-refractivity contribution in [3.8, 4) is 0 Å². The molecule has 1 heterocycles. The molecule has 8 N–H and O–H groups in total. The van der Waals surface area contributed by atoms with Gasteiger partial charge in [-0.25, -0.2) is 0 Å². The van der Waals surface area contributed by atoms with E-state index in [1.807, 2.05) is 49.4 Å². The number of carbonyl (C=O) groups is 3. The summed E-state index contributed by atoms with van der Waals surface area (Å²) in [7, 11) is 0. The number of nitrogens with two attached hydrogens (primary N) is 3. The molecule has 3 rings (SSSR count). The van der Waals surface area contributed by atoms with Crippen molar-refractivity contribution in [2.45, 2.75) is 58.0 Å². The van der Waals surface area contributed by atoms with Gasteiger partial charge in [-0.1, -0.05) is 36.4 Å². The summed E-state index contributed by atoms with van der Waals surface area (Å²) in [5, 5.41) is 3.99. The van der Waals surface area contributed by atoms with Crippen LogP contribution in [0.25, 0.3) is 10.9 Å². The summed E-state index contributed by atoms with van der Waals surface area (Å²) in [6, 6.07) is 14.2. The lowest BCUT2D eigenvalue weighted by Crippen LogP contribution is -2.51. The molecular weight excluding hydrogens is 492 g/mol. The molecular formula is C30H42N6O3. The van der Waals surface area contributed by atoms with E-state index >= 15 is 0 Å². The number of nitrogens with zero attached hydrogens (tertiary/aromatic N) is 1. The minimum Gasteiger partial charge on any atom is -0.358 e. The Bertz CT molecular complexity index is 1250. The standard InChI is InChI=1S/C30H42N6O3/c1-20-21(2)34-26-11-9-23(18-24(20)26)10-13-28(37)27(12-8-22-6-4-3-5-7-22)35-30(39)25(33)19-29(38)36(16-14-31)17-15-32/h3-7,9,11,18,25,27,34H,8,10,12-17,19,31-33H2,1-2H3,(H,35,39)/t25-,27-/m0/s1. The second-order valence-corrected chi connectivity index (χ2v) is 10.1. The lowest BCUT2D eigenvalue weighted by molar-refractivity contribution is -0.135. The number of hydrogen-bond donors (Lipinski definition) is 5. The van der Waals surface area contributed by atoms with Crippen LogP contribution in [0.4, 0.5) is 0 Å². The topological polar surface area (TPSA) is 160 Å². The molecule has 0 aliphatic heterocycles. The van der Waals surface area contributed by atoms with Gasteiger partial charge < -0.3 is 32.4 Å². The van der Waals surface area contributed by atoms with Gasteiger partial charge in [-0.05, 0) is 61.9 Å². The van der Waals surface area contributed by atoms with Crippen LogP contribution in [-0.4, -0.2) is 65.7 Å². The summed E-state index contributed by atoms with van der Waals surface area (Å²) in [4.78, 5) is 43.9. The first kappa shape index (κ1) is 30.0. The Morgan fingerprint density at radius 2 is 1.64 bits per heavy atom. The van der Waals surface area contributed by atoms with E-state index in [4.69, 9.17) is 17.2 Å². The number of aromatic nitrogens is 1. The molecule has 0 saturated carbocycles. The Labute approximate surface area is 230 Å². The van der Waals surface area contributed by atoms with Crippen LogP contribution in [0.2, 0.25) is 0 Å². The van der Waals surface area contributed by atoms with Crippen molar-refractivity contribution in [1.29, 1.82) is 0 Å². The summed E-state index contributed by atoms with van der Waals surface area (Å²) in [5.74, 6) is -0.866. The minimum absolute atomic E-state index is 0.0623. The number of Topliss-reactive ketones (excluding diaryl/α,β-unsaturated/α-hetero) is 1. The van der Waals surface area contributed by atoms with Crippen LogP contribution in [0.1, 0.15) is 41.6 Å². The van der Waals surface area contributed by atoms with Crippen molar-refractivity contribution in [2.24, 2.45) is 17.2 Å². The van der Waals surface area contributed by atoms with Gasteiger partial charge in [-0.3, -0.25) is 14.4 Å². The zero-order chi connectivity index (χ0) is 28.4. The third kappa shape index (κ3) is 8.48. The number of nitrogens with one attached hydrogen (secondary N) is 2. The number of aromatic amines is 1. The fraction of sp³-hybridized carbons (Fsp3) is 0.433. The Balaban J connectivity index is 1.66. The van der Waals surface area contributed by atoms with Crippen LogP contribution in [0.15, 0.2) is 48.5 Å². The molecule has 0 fully saturated rings. The van der Waals surface area contributed by atoms with E-state index in [1.165, 1.54) is 10.5 Å². The molecule has 0 bridgehead atoms. The van der Waals surface area contributed by atoms with Crippen molar-refractivity contribution in [2.75, 3.05) is 26.2 Å². The third-order valence-electron chi connectivity index (χ3n) is 7.18. The average Bonchev–Trinajstić information content (AvgIpc) is 3.22. The van der Waals surface area contributed by atoms with Crippen LogP contribution >= 0.6 is 0 Å². The first-order valence-corrected chi connectivity index (χ1v) is 13.6. The van der Waals surface area contributed by atoms with E-state index < -0.39 is 18.0 Å². The van der Waals surface area contributed by atoms with Gasteiger partial charge in [0.15, 0.2) is 5.78 Å². The smallest absolute Gasteiger partial charge is 0.238 e. The maximum atomic E-state index is 13.4. The number of fused-ring (bicyclic) bond motifs is 1. The molecule has 0 spiro atoms. The van der Waals surface area contributed by atoms with Gasteiger partial charge in [0.1, 0.15) is 0 Å². The highest BCUT2D eigenvalue weighted by Gasteiger charge is 2.26. The third-order valence-corrected chi connectivity index (χ3v) is 7.18. The zero-order valence-electron chi connectivity index (χ0n) is 23.0. The SMILES string of the molecule is Cc1[nH]c2ccc(CCC(=O)[C@H](CCc3ccccc3)NC(=O)[C@@H](N)CC(=O)N(CCN)CCN)cc2c1C. The van der Waals surface area contributed by atoms with Crippen LogP contribution in [0.5, 0.6) is 0 Å². The molecule has 39 heavy (non-hydrogen) atoms.